The molecule has 0 saturated carbocycles. The van der Waals surface area contributed by atoms with E-state index in [-0.39, 0.29) is 36.1 Å². The fourth-order valence-electron chi connectivity index (χ4n) is 2.27. The van der Waals surface area contributed by atoms with E-state index in [1.54, 1.807) is 4.90 Å². The second-order valence-electron chi connectivity index (χ2n) is 4.82. The zero-order valence-corrected chi connectivity index (χ0v) is 12.0. The smallest absolute Gasteiger partial charge is 0.353 e. The highest BCUT2D eigenvalue weighted by Gasteiger charge is 2.33. The van der Waals surface area contributed by atoms with E-state index >= 15 is 0 Å². The number of anilines is 2. The number of aromatic nitrogens is 2. The first-order chi connectivity index (χ1) is 10.1. The van der Waals surface area contributed by atoms with Crippen molar-refractivity contribution >= 4 is 17.3 Å². The normalized spacial score (nSPS) is 22.1. The van der Waals surface area contributed by atoms with Crippen LogP contribution >= 0.6 is 0 Å². The fourth-order valence-corrected chi connectivity index (χ4v) is 2.27. The molecule has 0 spiro atoms. The van der Waals surface area contributed by atoms with Gasteiger partial charge in [-0.25, -0.2) is 9.97 Å². The monoisotopic (exact) mass is 297 g/mol. The Morgan fingerprint density at radius 1 is 1.62 bits per heavy atom. The van der Waals surface area contributed by atoms with Gasteiger partial charge in [0.2, 0.25) is 11.6 Å². The van der Waals surface area contributed by atoms with Crippen LogP contribution in [0, 0.1) is 10.1 Å². The number of rotatable bonds is 5. The average Bonchev–Trinajstić information content (AvgIpc) is 2.47. The number of ether oxygens (including phenoxy) is 1. The molecule has 0 aliphatic carbocycles. The topological polar surface area (TPSA) is 114 Å². The molecule has 2 rings (SSSR count). The van der Waals surface area contributed by atoms with Crippen molar-refractivity contribution in [3.05, 3.63) is 16.4 Å². The first-order valence-electron chi connectivity index (χ1n) is 6.80. The third-order valence-corrected chi connectivity index (χ3v) is 3.31. The van der Waals surface area contributed by atoms with Crippen molar-refractivity contribution in [2.24, 2.45) is 0 Å². The summed E-state index contributed by atoms with van der Waals surface area (Å²) in [5.74, 6) is 0.451. The number of nitrogens with zero attached hydrogens (tertiary/aromatic N) is 4. The van der Waals surface area contributed by atoms with Crippen LogP contribution < -0.4 is 10.2 Å². The fraction of sp³-hybridized carbons (Fsp3) is 0.667. The molecule has 1 aliphatic rings. The SMILES string of the molecule is CCNc1ncnc(N2CC(CO)OCC2C)c1[N+](=O)[O-]. The van der Waals surface area contributed by atoms with E-state index in [4.69, 9.17) is 4.74 Å². The van der Waals surface area contributed by atoms with Gasteiger partial charge in [-0.2, -0.15) is 0 Å². The zero-order chi connectivity index (χ0) is 15.4. The number of nitro groups is 1. The van der Waals surface area contributed by atoms with Crippen LogP contribution in [0.25, 0.3) is 0 Å². The summed E-state index contributed by atoms with van der Waals surface area (Å²) in [4.78, 5) is 20.7. The van der Waals surface area contributed by atoms with Gasteiger partial charge in [-0.3, -0.25) is 10.1 Å². The molecule has 0 aromatic carbocycles. The summed E-state index contributed by atoms with van der Waals surface area (Å²) in [6, 6.07) is -0.0733. The number of hydrogen-bond donors (Lipinski definition) is 2. The van der Waals surface area contributed by atoms with Crippen molar-refractivity contribution in [2.45, 2.75) is 26.0 Å². The lowest BCUT2D eigenvalue weighted by Crippen LogP contribution is -2.50. The van der Waals surface area contributed by atoms with E-state index in [1.165, 1.54) is 6.33 Å². The Balaban J connectivity index is 2.41. The molecule has 1 aliphatic heterocycles. The molecule has 1 saturated heterocycles. The van der Waals surface area contributed by atoms with Crippen LogP contribution in [0.1, 0.15) is 13.8 Å². The Hall–Kier alpha value is -2.00. The predicted octanol–water partition coefficient (Wildman–Crippen LogP) is 0.403. The van der Waals surface area contributed by atoms with Gasteiger partial charge in [0.05, 0.1) is 30.3 Å². The third-order valence-electron chi connectivity index (χ3n) is 3.31. The largest absolute Gasteiger partial charge is 0.394 e. The van der Waals surface area contributed by atoms with Crippen molar-refractivity contribution in [3.63, 3.8) is 0 Å². The number of nitrogens with one attached hydrogen (secondary N) is 1. The number of aliphatic hydroxyl groups is 1. The molecule has 2 unspecified atom stereocenters. The molecule has 0 bridgehead atoms. The number of aliphatic hydroxyl groups excluding tert-OH is 1. The Bertz CT molecular complexity index is 512. The molecule has 9 nitrogen and oxygen atoms in total. The Kier molecular flexibility index (Phi) is 4.86. The summed E-state index contributed by atoms with van der Waals surface area (Å²) in [7, 11) is 0. The average molecular weight is 297 g/mol. The van der Waals surface area contributed by atoms with Crippen LogP contribution in [0.5, 0.6) is 0 Å². The Morgan fingerprint density at radius 3 is 3.00 bits per heavy atom. The molecular formula is C12H19N5O4. The van der Waals surface area contributed by atoms with Crippen LogP contribution in [0.3, 0.4) is 0 Å². The lowest BCUT2D eigenvalue weighted by atomic mass is 10.2. The summed E-state index contributed by atoms with van der Waals surface area (Å²) < 4.78 is 5.45. The third kappa shape index (κ3) is 3.19. The maximum atomic E-state index is 11.4. The van der Waals surface area contributed by atoms with Crippen molar-refractivity contribution in [2.75, 3.05) is 36.5 Å². The van der Waals surface area contributed by atoms with Crippen LogP contribution in [-0.2, 0) is 4.74 Å². The van der Waals surface area contributed by atoms with Crippen LogP contribution in [-0.4, -0.2) is 58.4 Å². The Morgan fingerprint density at radius 2 is 2.38 bits per heavy atom. The lowest BCUT2D eigenvalue weighted by molar-refractivity contribution is -0.383. The molecule has 116 valence electrons. The minimum absolute atomic E-state index is 0.0733. The van der Waals surface area contributed by atoms with Crippen molar-refractivity contribution in [3.8, 4) is 0 Å². The molecule has 0 amide bonds. The number of hydrogen-bond acceptors (Lipinski definition) is 8. The molecule has 1 aromatic rings. The Labute approximate surface area is 122 Å². The van der Waals surface area contributed by atoms with E-state index in [9.17, 15) is 15.2 Å². The maximum absolute atomic E-state index is 11.4. The van der Waals surface area contributed by atoms with Crippen LogP contribution in [0.4, 0.5) is 17.3 Å². The maximum Gasteiger partial charge on any atom is 0.353 e. The summed E-state index contributed by atoms with van der Waals surface area (Å²) in [6.45, 7) is 4.85. The summed E-state index contributed by atoms with van der Waals surface area (Å²) in [5.41, 5.74) is -0.148. The molecule has 1 fully saturated rings. The lowest BCUT2D eigenvalue weighted by Gasteiger charge is -2.37. The standard InChI is InChI=1S/C12H19N5O4/c1-3-13-11-10(17(19)20)12(15-7-14-11)16-4-9(5-18)21-6-8(16)2/h7-9,18H,3-6H2,1-2H3,(H,13,14,15). The van der Waals surface area contributed by atoms with Gasteiger partial charge in [0.25, 0.3) is 0 Å². The summed E-state index contributed by atoms with van der Waals surface area (Å²) >= 11 is 0. The molecular weight excluding hydrogens is 278 g/mol. The van der Waals surface area contributed by atoms with E-state index in [0.29, 0.717) is 19.7 Å². The van der Waals surface area contributed by atoms with Gasteiger partial charge in [0, 0.05) is 13.1 Å². The zero-order valence-electron chi connectivity index (χ0n) is 12.0. The molecule has 0 radical (unpaired) electrons. The van der Waals surface area contributed by atoms with Crippen molar-refractivity contribution in [1.29, 1.82) is 0 Å². The minimum Gasteiger partial charge on any atom is -0.394 e. The van der Waals surface area contributed by atoms with Crippen molar-refractivity contribution in [1.82, 2.24) is 9.97 Å². The van der Waals surface area contributed by atoms with Crippen LogP contribution in [0.2, 0.25) is 0 Å². The van der Waals surface area contributed by atoms with E-state index in [2.05, 4.69) is 15.3 Å². The van der Waals surface area contributed by atoms with E-state index < -0.39 is 4.92 Å². The first-order valence-corrected chi connectivity index (χ1v) is 6.80. The quantitative estimate of drug-likeness (QED) is 0.593. The molecule has 1 aromatic heterocycles. The van der Waals surface area contributed by atoms with E-state index in [0.717, 1.165) is 0 Å². The summed E-state index contributed by atoms with van der Waals surface area (Å²) in [5, 5.41) is 23.5. The molecule has 2 N–H and O–H groups in total. The van der Waals surface area contributed by atoms with Gasteiger partial charge in [-0.1, -0.05) is 0 Å². The van der Waals surface area contributed by atoms with Crippen LogP contribution in [0.15, 0.2) is 6.33 Å². The highest BCUT2D eigenvalue weighted by Crippen LogP contribution is 2.33. The van der Waals surface area contributed by atoms with Crippen molar-refractivity contribution < 1.29 is 14.8 Å². The van der Waals surface area contributed by atoms with E-state index in [1.807, 2.05) is 13.8 Å². The van der Waals surface area contributed by atoms with Gasteiger partial charge in [0.1, 0.15) is 6.33 Å². The van der Waals surface area contributed by atoms with Gasteiger partial charge < -0.3 is 20.1 Å². The molecule has 9 heteroatoms. The summed E-state index contributed by atoms with van der Waals surface area (Å²) in [6.07, 6.45) is 0.926. The predicted molar refractivity (Wildman–Crippen MR) is 76.5 cm³/mol. The number of morpholine rings is 1. The highest BCUT2D eigenvalue weighted by molar-refractivity contribution is 5.70. The first kappa shape index (κ1) is 15.4. The molecule has 21 heavy (non-hydrogen) atoms. The van der Waals surface area contributed by atoms with Gasteiger partial charge in [0.15, 0.2) is 0 Å². The second-order valence-corrected chi connectivity index (χ2v) is 4.82. The molecule has 2 atom stereocenters. The highest BCUT2D eigenvalue weighted by atomic mass is 16.6. The molecule has 2 heterocycles. The van der Waals surface area contributed by atoms with Gasteiger partial charge in [-0.15, -0.1) is 0 Å². The second kappa shape index (κ2) is 6.64. The minimum atomic E-state index is -0.483. The van der Waals surface area contributed by atoms with Gasteiger partial charge in [-0.05, 0) is 13.8 Å². The van der Waals surface area contributed by atoms with Gasteiger partial charge >= 0.3 is 5.69 Å².